The van der Waals surface area contributed by atoms with Crippen LogP contribution >= 0.6 is 0 Å². The first-order valence-electron chi connectivity index (χ1n) is 16.2. The summed E-state index contributed by atoms with van der Waals surface area (Å²) in [5.41, 5.74) is -1.88. The highest BCUT2D eigenvalue weighted by Gasteiger charge is 2.74. The number of carbonyl (C=O) groups is 3. The zero-order valence-corrected chi connectivity index (χ0v) is 28.4. The maximum absolute atomic E-state index is 15.3. The number of hydrogen-bond donors (Lipinski definition) is 2. The van der Waals surface area contributed by atoms with E-state index in [1.54, 1.807) is 0 Å². The Morgan fingerprint density at radius 3 is 2.14 bits per heavy atom. The Hall–Kier alpha value is -3.15. The van der Waals surface area contributed by atoms with Gasteiger partial charge in [-0.15, -0.1) is 0 Å². The van der Waals surface area contributed by atoms with E-state index in [9.17, 15) is 15.0 Å². The summed E-state index contributed by atoms with van der Waals surface area (Å²) in [5.74, 6) is -1.28. The van der Waals surface area contributed by atoms with E-state index in [-0.39, 0.29) is 46.7 Å². The van der Waals surface area contributed by atoms with E-state index in [0.29, 0.717) is 18.8 Å². The van der Waals surface area contributed by atoms with Crippen LogP contribution in [0.25, 0.3) is 0 Å². The maximum atomic E-state index is 15.3. The van der Waals surface area contributed by atoms with Gasteiger partial charge in [-0.25, -0.2) is 0 Å². The van der Waals surface area contributed by atoms with E-state index in [4.69, 9.17) is 4.74 Å². The zero-order valence-electron chi connectivity index (χ0n) is 28.4. The summed E-state index contributed by atoms with van der Waals surface area (Å²) < 4.78 is 6.82. The molecule has 1 spiro atoms. The number of ketones is 3. The van der Waals surface area contributed by atoms with Crippen molar-refractivity contribution in [1.82, 2.24) is 0 Å². The van der Waals surface area contributed by atoms with Gasteiger partial charge in [-0.3, -0.25) is 14.4 Å². The predicted octanol–water partition coefficient (Wildman–Crippen LogP) is 8.67. The van der Waals surface area contributed by atoms with Gasteiger partial charge >= 0.3 is 0 Å². The number of hydrogen-bond acceptors (Lipinski definition) is 6. The van der Waals surface area contributed by atoms with Gasteiger partial charge in [-0.1, -0.05) is 57.4 Å². The van der Waals surface area contributed by atoms with Crippen LogP contribution in [0.1, 0.15) is 118 Å². The van der Waals surface area contributed by atoms with E-state index < -0.39 is 39.2 Å². The summed E-state index contributed by atoms with van der Waals surface area (Å²) in [6.07, 6.45) is 7.95. The summed E-state index contributed by atoms with van der Waals surface area (Å²) in [4.78, 5) is 45.0. The summed E-state index contributed by atoms with van der Waals surface area (Å²) in [6, 6.07) is 3.83. The van der Waals surface area contributed by atoms with Crippen LogP contribution in [0, 0.1) is 34.0 Å². The van der Waals surface area contributed by atoms with Gasteiger partial charge in [0.25, 0.3) is 0 Å². The first-order chi connectivity index (χ1) is 20.3. The van der Waals surface area contributed by atoms with Crippen molar-refractivity contribution in [3.05, 3.63) is 58.4 Å². The summed E-state index contributed by atoms with van der Waals surface area (Å²) >= 11 is 0. The molecule has 1 saturated carbocycles. The number of carbonyl (C=O) groups excluding carboxylic acids is 3. The fourth-order valence-electron chi connectivity index (χ4n) is 7.96. The fourth-order valence-corrected chi connectivity index (χ4v) is 7.96. The Morgan fingerprint density at radius 2 is 1.57 bits per heavy atom. The van der Waals surface area contributed by atoms with E-state index in [0.717, 1.165) is 24.8 Å². The average Bonchev–Trinajstić information content (AvgIpc) is 2.91. The Kier molecular flexibility index (Phi) is 8.93. The van der Waals surface area contributed by atoms with Crippen LogP contribution in [0.4, 0.5) is 0 Å². The van der Waals surface area contributed by atoms with Crippen molar-refractivity contribution in [1.29, 1.82) is 0 Å². The van der Waals surface area contributed by atoms with Gasteiger partial charge < -0.3 is 14.9 Å². The summed E-state index contributed by atoms with van der Waals surface area (Å²) in [7, 11) is 0. The first-order valence-corrected chi connectivity index (χ1v) is 16.2. The molecule has 4 rings (SSSR count). The number of rotatable bonds is 9. The smallest absolute Gasteiger partial charge is 0.200 e. The lowest BCUT2D eigenvalue weighted by molar-refractivity contribution is -0.189. The molecule has 1 aliphatic heterocycles. The minimum absolute atomic E-state index is 0.0134. The highest BCUT2D eigenvalue weighted by Crippen LogP contribution is 2.69. The number of fused-ring (bicyclic) bond motifs is 1. The molecule has 6 nitrogen and oxygen atoms in total. The van der Waals surface area contributed by atoms with Gasteiger partial charge in [0, 0.05) is 11.5 Å². The quantitative estimate of drug-likeness (QED) is 0.0962. The number of phenols is 2. The van der Waals surface area contributed by atoms with Crippen LogP contribution in [0.3, 0.4) is 0 Å². The molecule has 240 valence electrons. The largest absolute Gasteiger partial charge is 0.504 e. The Labute approximate surface area is 263 Å². The van der Waals surface area contributed by atoms with Gasteiger partial charge in [0.15, 0.2) is 28.8 Å². The van der Waals surface area contributed by atoms with Crippen molar-refractivity contribution >= 4 is 17.3 Å². The molecular weight excluding hydrogens is 552 g/mol. The van der Waals surface area contributed by atoms with Gasteiger partial charge in [0.2, 0.25) is 0 Å². The van der Waals surface area contributed by atoms with E-state index >= 15 is 9.59 Å². The first kappa shape index (κ1) is 33.7. The third-order valence-corrected chi connectivity index (χ3v) is 10.9. The molecule has 1 aromatic carbocycles. The van der Waals surface area contributed by atoms with Crippen LogP contribution < -0.4 is 0 Å². The van der Waals surface area contributed by atoms with Crippen molar-refractivity contribution in [2.75, 3.05) is 0 Å². The number of Topliss-reactive ketones (excluding diaryl/α,β-unsaturated/α-hetero) is 3. The highest BCUT2D eigenvalue weighted by molar-refractivity contribution is 6.35. The number of aromatic hydroxyl groups is 2. The van der Waals surface area contributed by atoms with Gasteiger partial charge in [-0.2, -0.15) is 0 Å². The SMILES string of the molecule is CC(C)=CC[C@H]1C[C@@]23C[C@H](CCC(C)C)C(C)(C)[C@@](CC=C(C)C)(C(=O)C(C(=O)c4ccc(O)c(O)c4)=C2OC1(C)C)C3=O. The van der Waals surface area contributed by atoms with E-state index in [1.165, 1.54) is 23.8 Å². The van der Waals surface area contributed by atoms with Crippen molar-refractivity contribution in [3.8, 4) is 11.5 Å². The highest BCUT2D eigenvalue weighted by atomic mass is 16.5. The van der Waals surface area contributed by atoms with E-state index in [1.807, 2.05) is 47.6 Å². The second-order valence-corrected chi connectivity index (χ2v) is 15.6. The molecule has 0 aromatic heterocycles. The molecule has 1 heterocycles. The minimum Gasteiger partial charge on any atom is -0.504 e. The van der Waals surface area contributed by atoms with Gasteiger partial charge in [-0.05, 0) is 109 Å². The molecule has 1 aromatic rings. The number of ether oxygens (including phenoxy) is 1. The molecular formula is C38H52O6. The Balaban J connectivity index is 2.08. The normalized spacial score (nSPS) is 28.7. The molecule has 44 heavy (non-hydrogen) atoms. The zero-order chi connectivity index (χ0) is 33.0. The number of benzene rings is 1. The van der Waals surface area contributed by atoms with Gasteiger partial charge in [0.1, 0.15) is 22.3 Å². The third-order valence-electron chi connectivity index (χ3n) is 10.9. The molecule has 4 atom stereocenters. The topological polar surface area (TPSA) is 101 Å². The summed E-state index contributed by atoms with van der Waals surface area (Å²) in [5, 5.41) is 20.2. The van der Waals surface area contributed by atoms with Gasteiger partial charge in [0.05, 0.1) is 5.41 Å². The van der Waals surface area contributed by atoms with Crippen molar-refractivity contribution in [3.63, 3.8) is 0 Å². The minimum atomic E-state index is -1.45. The number of allylic oxidation sites excluding steroid dienone is 6. The lowest BCUT2D eigenvalue weighted by atomic mass is 9.38. The van der Waals surface area contributed by atoms with Crippen LogP contribution in [0.5, 0.6) is 11.5 Å². The molecule has 3 aliphatic rings. The average molecular weight is 605 g/mol. The standard InChI is InChI=1S/C38H52O6/c1-22(2)11-14-26-20-37-21-27(15-12-23(3)4)36(9,10)44-33(37)30(31(41)25-13-16-28(39)29(40)19-25)32(42)38(34(37)43,35(26,7)8)18-17-24(5)6/h12-13,16-17,19,22,26-27,39-40H,11,14-15,18,20-21H2,1-10H3/t26-,27-,37-,38-/m0/s1. The lowest BCUT2D eigenvalue weighted by Gasteiger charge is -2.64. The van der Waals surface area contributed by atoms with Crippen molar-refractivity contribution < 1.29 is 29.3 Å². The molecule has 0 unspecified atom stereocenters. The third kappa shape index (κ3) is 5.37. The lowest BCUT2D eigenvalue weighted by Crippen LogP contribution is -2.69. The van der Waals surface area contributed by atoms with Crippen LogP contribution in [-0.2, 0) is 14.3 Å². The summed E-state index contributed by atoms with van der Waals surface area (Å²) in [6.45, 7) is 20.5. The second-order valence-electron chi connectivity index (χ2n) is 15.6. The molecule has 1 saturated heterocycles. The number of phenolic OH excluding ortho intramolecular Hbond substituents is 2. The van der Waals surface area contributed by atoms with Crippen LogP contribution in [0.2, 0.25) is 0 Å². The maximum Gasteiger partial charge on any atom is 0.200 e. The molecule has 0 amide bonds. The molecule has 0 radical (unpaired) electrons. The second kappa shape index (κ2) is 11.7. The molecule has 2 aliphatic carbocycles. The molecule has 6 heteroatoms. The monoisotopic (exact) mass is 604 g/mol. The Morgan fingerprint density at radius 1 is 0.955 bits per heavy atom. The van der Waals surface area contributed by atoms with Crippen molar-refractivity contribution in [2.24, 2.45) is 34.0 Å². The van der Waals surface area contributed by atoms with Crippen molar-refractivity contribution in [2.45, 2.75) is 113 Å². The van der Waals surface area contributed by atoms with E-state index in [2.05, 4.69) is 33.8 Å². The van der Waals surface area contributed by atoms with Crippen LogP contribution in [-0.4, -0.2) is 33.2 Å². The fraction of sp³-hybridized carbons (Fsp3) is 0.605. The molecule has 2 bridgehead atoms. The molecule has 2 fully saturated rings. The Bertz CT molecular complexity index is 1450. The predicted molar refractivity (Wildman–Crippen MR) is 173 cm³/mol. The van der Waals surface area contributed by atoms with Crippen LogP contribution in [0.15, 0.2) is 52.8 Å². The molecule has 2 N–H and O–H groups in total.